The molecule has 0 aliphatic carbocycles. The van der Waals surface area contributed by atoms with Gasteiger partial charge in [-0.05, 0) is 80.5 Å². The number of aliphatic carboxylic acids is 2. The fourth-order valence-corrected chi connectivity index (χ4v) is 18.8. The first-order valence-electron chi connectivity index (χ1n) is 46.0. The number of hydrogen-bond donors (Lipinski definition) is 27. The second-order valence-electron chi connectivity index (χ2n) is 34.9. The lowest BCUT2D eigenvalue weighted by molar-refractivity contribution is -0.152. The molecule has 5 heterocycles. The summed E-state index contributed by atoms with van der Waals surface area (Å²) in [7, 11) is 0. The predicted octanol–water partition coefficient (Wildman–Crippen LogP) is -10.1. The number of carbonyl (C=O) groups excluding carboxylic acids is 20. The summed E-state index contributed by atoms with van der Waals surface area (Å²) in [5.74, 6) is -33.2. The van der Waals surface area contributed by atoms with Gasteiger partial charge in [0.1, 0.15) is 96.7 Å². The van der Waals surface area contributed by atoms with Crippen LogP contribution in [-0.4, -0.2) is 338 Å². The molecule has 5 saturated heterocycles. The molecule has 0 saturated carbocycles. The number of carbonyl (C=O) groups is 22. The number of nitrogens with one attached hydrogen (secondary N) is 20. The van der Waals surface area contributed by atoms with Crippen LogP contribution in [0.4, 0.5) is 0 Å². The van der Waals surface area contributed by atoms with Crippen molar-refractivity contribution in [3.8, 4) is 0 Å². The summed E-state index contributed by atoms with van der Waals surface area (Å²) in [5.41, 5.74) is 24.6. The molecule has 3 aromatic rings. The van der Waals surface area contributed by atoms with E-state index >= 15 is 52.7 Å². The molecule has 5 aliphatic rings. The van der Waals surface area contributed by atoms with Gasteiger partial charge in [-0.3, -0.25) is 101 Å². The summed E-state index contributed by atoms with van der Waals surface area (Å²) >= 11 is 1.81. The highest BCUT2D eigenvalue weighted by Crippen LogP contribution is 2.24. The minimum atomic E-state index is -2.99. The molecule has 5 fully saturated rings. The topological polar surface area (TPSA) is 796 Å². The second kappa shape index (κ2) is 56.0. The summed E-state index contributed by atoms with van der Waals surface area (Å²) in [4.78, 5) is 327. The number of amides is 20. The number of carboxylic acids is 2. The van der Waals surface area contributed by atoms with Gasteiger partial charge >= 0.3 is 11.9 Å². The van der Waals surface area contributed by atoms with Crippen molar-refractivity contribution in [3.63, 3.8) is 0 Å². The van der Waals surface area contributed by atoms with E-state index in [4.69, 9.17) is 28.3 Å². The molecular formula is C89H125N25O25S3. The Morgan fingerprint density at radius 2 is 0.915 bits per heavy atom. The monoisotopic (exact) mass is 2040 g/mol. The predicted molar refractivity (Wildman–Crippen MR) is 514 cm³/mol. The Morgan fingerprint density at radius 1 is 0.458 bits per heavy atom. The van der Waals surface area contributed by atoms with Crippen LogP contribution in [0, 0.1) is 11.3 Å². The largest absolute Gasteiger partial charge is 0.480 e. The van der Waals surface area contributed by atoms with Crippen molar-refractivity contribution in [2.75, 3.05) is 62.3 Å². The lowest BCUT2D eigenvalue weighted by atomic mass is 10.00. The van der Waals surface area contributed by atoms with Crippen LogP contribution in [0.25, 0.3) is 0 Å². The van der Waals surface area contributed by atoms with E-state index in [9.17, 15) is 68.1 Å². The minimum absolute atomic E-state index is 0.0274. The van der Waals surface area contributed by atoms with Crippen LogP contribution in [0.5, 0.6) is 0 Å². The van der Waals surface area contributed by atoms with E-state index in [1.165, 1.54) is 32.6 Å². The average molecular weight is 2040 g/mol. The molecule has 0 radical (unpaired) electrons. The Balaban J connectivity index is 1.43. The molecule has 0 aromatic heterocycles. The van der Waals surface area contributed by atoms with Crippen LogP contribution in [-0.2, 0) is 125 Å². The number of nitrogens with two attached hydrogens (primary N) is 4. The maximum atomic E-state index is 16.2. The van der Waals surface area contributed by atoms with Crippen LogP contribution in [0.2, 0.25) is 0 Å². The lowest BCUT2D eigenvalue weighted by Crippen LogP contribution is -2.64. The third-order valence-electron chi connectivity index (χ3n) is 23.5. The average Bonchev–Trinajstić information content (AvgIpc) is 1.71. The number of nitrogens with zero attached hydrogens (tertiary/aromatic N) is 1. The molecule has 53 heteroatoms. The van der Waals surface area contributed by atoms with Crippen LogP contribution in [0.1, 0.15) is 109 Å². The van der Waals surface area contributed by atoms with Crippen LogP contribution in [0.3, 0.4) is 0 Å². The standard InChI is InChI=1S/C89H125N25O25S3/c1-43(2)66-84(133)109-59-41-140-40-58-79(128)108-60-42-142-45(4)68(86(135)105-55(75(124)110-66)34-48-22-12-7-13-23-48)111-76(125)54(33-47-20-10-6-11-21-47)104-82(131)61-26-17-31-114(61)65(118)38-98-72(121)53(32-46-18-8-5-9-19-46)103-78(127)57(106-80(60)129)36-95-29-15-14-24-52(87(136)137)102-85(134)67(112-77(126)56(35-63(92)116)99-64(117)37-97-83(132)69(113-81(59)130)70(119)88(138)139)44(3)141-39-49(90)71(120)100-50(25-16-30-96-89(93)94)73(122)101-51(74(123)107-58)27-28-62(91)115/h5-13,18-23,43-45,49-61,66-70,95,119H,14-17,24-42,90H2,1-4H3,(H2,91,115)(H2,92,116)(H,97,132)(H,98,121)(H,99,117)(H,100,120)(H,101,122)(H,102,134)(H,103,127)(H,104,131)(H,105,135)(H,106,129)(H,107,123)(H,108,128)(H,109,133)(H,110,124)(H,111,125)(H,112,126)(H,113,130)(H,136,137)(H,138,139)(H4,93,94,96)/t44-,45?,49-,50-,51-,52-,53-,54-,55-,56-,57-,58-,59-,60-,61-,66-,67?,68-,69-,70+/m0/s1. The smallest absolute Gasteiger partial charge is 0.335 e. The van der Waals surface area contributed by atoms with Gasteiger partial charge in [0.05, 0.1) is 25.6 Å². The number of thioether (sulfide) groups is 3. The van der Waals surface area contributed by atoms with Crippen molar-refractivity contribution in [1.29, 1.82) is 5.41 Å². The third kappa shape index (κ3) is 35.8. The number of hydrogen-bond acceptors (Lipinski definition) is 29. The summed E-state index contributed by atoms with van der Waals surface area (Å²) in [6, 6.07) is -8.41. The molecule has 50 nitrogen and oxygen atoms in total. The fraction of sp³-hybridized carbons (Fsp3) is 0.539. The van der Waals surface area contributed by atoms with Crippen molar-refractivity contribution < 1.29 is 121 Å². The summed E-state index contributed by atoms with van der Waals surface area (Å²) < 4.78 is 0. The van der Waals surface area contributed by atoms with E-state index in [1.807, 2.05) is 10.6 Å². The number of carboxylic acid groups (broad SMARTS) is 2. The molecular weight excluding hydrogens is 1920 g/mol. The lowest BCUT2D eigenvalue weighted by Gasteiger charge is -2.32. The van der Waals surface area contributed by atoms with Crippen molar-refractivity contribution >= 4 is 171 Å². The Kier molecular flexibility index (Phi) is 44.8. The third-order valence-corrected chi connectivity index (χ3v) is 27.3. The zero-order valence-corrected chi connectivity index (χ0v) is 80.8. The Morgan fingerprint density at radius 3 is 1.47 bits per heavy atom. The molecule has 774 valence electrons. The Hall–Kier alpha value is -13.8. The summed E-state index contributed by atoms with van der Waals surface area (Å²) in [5, 5.41) is 85.1. The Labute approximate surface area is 828 Å². The minimum Gasteiger partial charge on any atom is -0.480 e. The van der Waals surface area contributed by atoms with Gasteiger partial charge in [-0.1, -0.05) is 119 Å². The first-order valence-corrected chi connectivity index (χ1v) is 49.3. The zero-order chi connectivity index (χ0) is 104. The van der Waals surface area contributed by atoms with Gasteiger partial charge in [0.25, 0.3) is 0 Å². The van der Waals surface area contributed by atoms with E-state index in [-0.39, 0.29) is 71.0 Å². The summed E-state index contributed by atoms with van der Waals surface area (Å²) in [6.45, 7) is 2.41. The van der Waals surface area contributed by atoms with E-state index in [0.717, 1.165) is 0 Å². The molecule has 3 aromatic carbocycles. The Bertz CT molecular complexity index is 5060. The molecule has 8 rings (SSSR count). The van der Waals surface area contributed by atoms with Crippen LogP contribution < -0.4 is 124 Å². The molecule has 2 unspecified atom stereocenters. The SMILES string of the molecule is CC(C)[C@@H]1NC(=O)[C@H](Cc2ccccc2)NC(=O)[C@H]2NC(=O)[C@H](Cc3ccccc3)NC(=O)[C@@H]3CCCN3C(=O)CNC(=O)[C@H](Cc3ccccc3)NC(=O)[C@@H]3CNCCCC[C@@H](C(=O)O)NC(=O)C4NC(=O)[C@H](CC(N)=O)NC(=O)CNC(=O)[C@H]([C@@H](O)C(=O)O)NC(=O)[C@H](CSC[C@H](NC(=O)[C@H](CCC(N)=O)NC(=O)[C@H](CCCNC(=N)N)NC(=O)[C@@H](N)CS[C@H]4C)C(=O)N[C@@H](CSC2C)C(=O)N3)NC1=O. The van der Waals surface area contributed by atoms with Gasteiger partial charge in [-0.15, -0.1) is 0 Å². The van der Waals surface area contributed by atoms with E-state index in [0.29, 0.717) is 52.0 Å². The van der Waals surface area contributed by atoms with Crippen molar-refractivity contribution in [2.24, 2.45) is 28.9 Å². The normalized spacial score (nSPS) is 28.0. The first kappa shape index (κ1) is 113. The van der Waals surface area contributed by atoms with Gasteiger partial charge in [-0.2, -0.15) is 35.3 Å². The zero-order valence-electron chi connectivity index (χ0n) is 78.4. The number of aliphatic hydroxyl groups is 1. The summed E-state index contributed by atoms with van der Waals surface area (Å²) in [6.07, 6.45) is -7.39. The number of fused-ring (bicyclic) bond motifs is 22. The van der Waals surface area contributed by atoms with Gasteiger partial charge in [0, 0.05) is 78.8 Å². The highest BCUT2D eigenvalue weighted by Gasteiger charge is 2.45. The van der Waals surface area contributed by atoms with E-state index < -0.39 is 336 Å². The van der Waals surface area contributed by atoms with Crippen molar-refractivity contribution in [3.05, 3.63) is 108 Å². The first-order chi connectivity index (χ1) is 67.4. The number of rotatable bonds is 19. The van der Waals surface area contributed by atoms with Gasteiger partial charge in [-0.25, -0.2) is 9.59 Å². The molecule has 0 spiro atoms. The molecule has 20 amide bonds. The highest BCUT2D eigenvalue weighted by molar-refractivity contribution is 8.00. The second-order valence-corrected chi connectivity index (χ2v) is 38.8. The molecule has 142 heavy (non-hydrogen) atoms. The number of guanidine groups is 1. The maximum Gasteiger partial charge on any atom is 0.335 e. The molecule has 6 bridgehead atoms. The number of aliphatic hydroxyl groups excluding tert-OH is 1. The maximum absolute atomic E-state index is 16.2. The van der Waals surface area contributed by atoms with Crippen LogP contribution in [0.15, 0.2) is 91.0 Å². The highest BCUT2D eigenvalue weighted by atomic mass is 32.2. The van der Waals surface area contributed by atoms with Crippen LogP contribution >= 0.6 is 35.3 Å². The fourth-order valence-electron chi connectivity index (χ4n) is 15.6. The van der Waals surface area contributed by atoms with E-state index in [1.54, 1.807) is 91.0 Å². The number of benzene rings is 3. The molecule has 20 atom stereocenters. The quantitative estimate of drug-likeness (QED) is 0.0229. The van der Waals surface area contributed by atoms with Gasteiger partial charge in [0.15, 0.2) is 12.1 Å². The molecule has 5 aliphatic heterocycles. The van der Waals surface area contributed by atoms with Gasteiger partial charge < -0.3 is 144 Å². The number of primary amides is 2. The van der Waals surface area contributed by atoms with Crippen molar-refractivity contribution in [2.45, 2.75) is 230 Å². The van der Waals surface area contributed by atoms with Gasteiger partial charge in [0.2, 0.25) is 118 Å². The van der Waals surface area contributed by atoms with Crippen molar-refractivity contribution in [1.82, 2.24) is 106 Å². The molecule has 31 N–H and O–H groups in total. The van der Waals surface area contributed by atoms with E-state index in [2.05, 4.69) is 90.4 Å².